The molecule has 3 nitrogen and oxygen atoms in total. The third-order valence-electron chi connectivity index (χ3n) is 4.74. The fraction of sp³-hybridized carbons (Fsp3) is 0.250. The van der Waals surface area contributed by atoms with E-state index in [-0.39, 0.29) is 5.91 Å². The predicted molar refractivity (Wildman–Crippen MR) is 105 cm³/mol. The van der Waals surface area contributed by atoms with Crippen molar-refractivity contribution in [3.05, 3.63) is 69.9 Å². The van der Waals surface area contributed by atoms with Crippen LogP contribution in [0.1, 0.15) is 27.2 Å². The summed E-state index contributed by atoms with van der Waals surface area (Å²) in [6, 6.07) is 13.9. The van der Waals surface area contributed by atoms with Crippen molar-refractivity contribution in [2.75, 3.05) is 12.8 Å². The number of nitrogens with zero attached hydrogens (tertiary/aromatic N) is 1. The molecule has 0 atom stereocenters. The minimum atomic E-state index is 0.0951. The minimum absolute atomic E-state index is 0.0951. The van der Waals surface area contributed by atoms with Crippen molar-refractivity contribution in [1.82, 2.24) is 9.88 Å². The molecule has 0 unspecified atom stereocenters. The number of hydrogen-bond donors (Lipinski definition) is 1. The molecule has 0 saturated carbocycles. The average Bonchev–Trinajstić information content (AvgIpc) is 2.99. The normalized spacial score (nSPS) is 13.9. The maximum Gasteiger partial charge on any atom is 0.254 e. The van der Waals surface area contributed by atoms with E-state index in [1.54, 1.807) is 11.8 Å². The Kier molecular flexibility index (Phi) is 4.48. The van der Waals surface area contributed by atoms with Gasteiger partial charge < -0.3 is 9.88 Å². The van der Waals surface area contributed by atoms with Gasteiger partial charge in [-0.25, -0.2) is 0 Å². The lowest BCUT2D eigenvalue weighted by atomic mass is 10.0. The number of thioether (sulfide) groups is 1. The highest BCUT2D eigenvalue weighted by atomic mass is 35.5. The second-order valence-electron chi connectivity index (χ2n) is 6.38. The Morgan fingerprint density at radius 2 is 2.04 bits per heavy atom. The Morgan fingerprint density at radius 3 is 2.80 bits per heavy atom. The van der Waals surface area contributed by atoms with E-state index in [1.807, 2.05) is 47.4 Å². The molecule has 0 saturated heterocycles. The quantitative estimate of drug-likeness (QED) is 0.713. The van der Waals surface area contributed by atoms with E-state index in [9.17, 15) is 4.79 Å². The van der Waals surface area contributed by atoms with Gasteiger partial charge in [0.2, 0.25) is 0 Å². The van der Waals surface area contributed by atoms with Crippen LogP contribution >= 0.6 is 23.4 Å². The van der Waals surface area contributed by atoms with E-state index in [2.05, 4.69) is 11.2 Å². The Morgan fingerprint density at radius 1 is 1.24 bits per heavy atom. The van der Waals surface area contributed by atoms with Crippen LogP contribution in [0.15, 0.2) is 42.5 Å². The third-order valence-corrected chi connectivity index (χ3v) is 5.59. The van der Waals surface area contributed by atoms with Gasteiger partial charge >= 0.3 is 0 Å². The van der Waals surface area contributed by atoms with Gasteiger partial charge in [0.15, 0.2) is 0 Å². The molecule has 1 amide bonds. The zero-order valence-corrected chi connectivity index (χ0v) is 15.6. The maximum atomic E-state index is 12.9. The summed E-state index contributed by atoms with van der Waals surface area (Å²) < 4.78 is 0. The molecule has 3 aromatic rings. The first-order valence-electron chi connectivity index (χ1n) is 8.32. The summed E-state index contributed by atoms with van der Waals surface area (Å²) >= 11 is 7.94. The summed E-state index contributed by atoms with van der Waals surface area (Å²) in [6.07, 6.45) is 2.93. The zero-order chi connectivity index (χ0) is 17.4. The predicted octanol–water partition coefficient (Wildman–Crippen LogP) is 4.88. The number of rotatable bonds is 3. The van der Waals surface area contributed by atoms with E-state index in [0.29, 0.717) is 6.54 Å². The maximum absolute atomic E-state index is 12.9. The highest BCUT2D eigenvalue weighted by Gasteiger charge is 2.24. The van der Waals surface area contributed by atoms with E-state index < -0.39 is 0 Å². The first kappa shape index (κ1) is 16.6. The number of aromatic nitrogens is 1. The van der Waals surface area contributed by atoms with Gasteiger partial charge in [-0.15, -0.1) is 0 Å². The Bertz CT molecular complexity index is 933. The van der Waals surface area contributed by atoms with Crippen LogP contribution in [-0.2, 0) is 18.7 Å². The number of benzene rings is 2. The van der Waals surface area contributed by atoms with Crippen molar-refractivity contribution < 1.29 is 4.79 Å². The lowest BCUT2D eigenvalue weighted by molar-refractivity contribution is 0.0735. The second kappa shape index (κ2) is 6.77. The van der Waals surface area contributed by atoms with Gasteiger partial charge in [-0.2, -0.15) is 11.8 Å². The first-order valence-corrected chi connectivity index (χ1v) is 10.1. The SMILES string of the molecule is CSCc1ccc(C(=O)N2CCc3[nH]c4ccc(Cl)cc4c3C2)cc1. The summed E-state index contributed by atoms with van der Waals surface area (Å²) in [5.41, 5.74) is 5.50. The van der Waals surface area contributed by atoms with Crippen LogP contribution < -0.4 is 0 Å². The van der Waals surface area contributed by atoms with Crippen molar-refractivity contribution in [1.29, 1.82) is 0 Å². The molecule has 1 aliphatic heterocycles. The molecule has 2 aromatic carbocycles. The van der Waals surface area contributed by atoms with E-state index in [1.165, 1.54) is 16.8 Å². The summed E-state index contributed by atoms with van der Waals surface area (Å²) in [7, 11) is 0. The number of carbonyl (C=O) groups excluding carboxylic acids is 1. The molecule has 0 aliphatic carbocycles. The molecule has 0 radical (unpaired) electrons. The molecule has 5 heteroatoms. The highest BCUT2D eigenvalue weighted by Crippen LogP contribution is 2.30. The van der Waals surface area contributed by atoms with Crippen molar-refractivity contribution in [2.45, 2.75) is 18.7 Å². The number of fused-ring (bicyclic) bond motifs is 3. The van der Waals surface area contributed by atoms with Gasteiger partial charge in [-0.05, 0) is 42.2 Å². The first-order chi connectivity index (χ1) is 12.2. The van der Waals surface area contributed by atoms with Crippen LogP contribution in [0.4, 0.5) is 0 Å². The largest absolute Gasteiger partial charge is 0.358 e. The van der Waals surface area contributed by atoms with E-state index in [4.69, 9.17) is 11.6 Å². The molecule has 4 rings (SSSR count). The molecule has 128 valence electrons. The fourth-order valence-corrected chi connectivity index (χ4v) is 4.15. The monoisotopic (exact) mass is 370 g/mol. The van der Waals surface area contributed by atoms with Crippen LogP contribution in [0.2, 0.25) is 5.02 Å². The van der Waals surface area contributed by atoms with E-state index in [0.717, 1.165) is 40.2 Å². The van der Waals surface area contributed by atoms with Crippen LogP contribution in [0, 0.1) is 0 Å². The molecule has 0 fully saturated rings. The molecular weight excluding hydrogens is 352 g/mol. The summed E-state index contributed by atoms with van der Waals surface area (Å²) in [4.78, 5) is 18.3. The Labute approximate surface area is 156 Å². The lowest BCUT2D eigenvalue weighted by Gasteiger charge is -2.27. The number of hydrogen-bond acceptors (Lipinski definition) is 2. The summed E-state index contributed by atoms with van der Waals surface area (Å²) in [6.45, 7) is 1.36. The van der Waals surface area contributed by atoms with Gasteiger partial charge in [0.25, 0.3) is 5.91 Å². The number of H-pyrrole nitrogens is 1. The smallest absolute Gasteiger partial charge is 0.254 e. The second-order valence-corrected chi connectivity index (χ2v) is 7.68. The molecule has 0 bridgehead atoms. The van der Waals surface area contributed by atoms with Crippen LogP contribution in [0.25, 0.3) is 10.9 Å². The fourth-order valence-electron chi connectivity index (χ4n) is 3.45. The Balaban J connectivity index is 1.60. The average molecular weight is 371 g/mol. The number of nitrogens with one attached hydrogen (secondary N) is 1. The van der Waals surface area contributed by atoms with Gasteiger partial charge in [0.05, 0.1) is 0 Å². The van der Waals surface area contributed by atoms with Gasteiger partial charge in [0, 0.05) is 58.0 Å². The zero-order valence-electron chi connectivity index (χ0n) is 14.0. The number of carbonyl (C=O) groups is 1. The number of aromatic amines is 1. The summed E-state index contributed by atoms with van der Waals surface area (Å²) in [5.74, 6) is 1.07. The third kappa shape index (κ3) is 3.16. The van der Waals surface area contributed by atoms with Crippen LogP contribution in [0.5, 0.6) is 0 Å². The van der Waals surface area contributed by atoms with Crippen LogP contribution in [-0.4, -0.2) is 28.6 Å². The van der Waals surface area contributed by atoms with Crippen LogP contribution in [0.3, 0.4) is 0 Å². The van der Waals surface area contributed by atoms with Gasteiger partial charge in [-0.1, -0.05) is 23.7 Å². The van der Waals surface area contributed by atoms with E-state index >= 15 is 0 Å². The standard InChI is InChI=1S/C20H19ClN2OS/c1-25-12-13-2-4-14(5-3-13)20(24)23-9-8-19-17(11-23)16-10-15(21)6-7-18(16)22-19/h2-7,10,22H,8-9,11-12H2,1H3. The molecular formula is C20H19ClN2OS. The Hall–Kier alpha value is -1.91. The number of amides is 1. The minimum Gasteiger partial charge on any atom is -0.358 e. The molecule has 1 aromatic heterocycles. The molecule has 1 aliphatic rings. The number of halogens is 1. The molecule has 1 N–H and O–H groups in total. The van der Waals surface area contributed by atoms with Crippen molar-refractivity contribution >= 4 is 40.2 Å². The van der Waals surface area contributed by atoms with Gasteiger partial charge in [0.1, 0.15) is 0 Å². The van der Waals surface area contributed by atoms with Crippen molar-refractivity contribution in [3.8, 4) is 0 Å². The highest BCUT2D eigenvalue weighted by molar-refractivity contribution is 7.97. The molecule has 25 heavy (non-hydrogen) atoms. The molecule has 2 heterocycles. The topological polar surface area (TPSA) is 36.1 Å². The summed E-state index contributed by atoms with van der Waals surface area (Å²) in [5, 5.41) is 1.84. The molecule has 0 spiro atoms. The lowest BCUT2D eigenvalue weighted by Crippen LogP contribution is -2.35. The van der Waals surface area contributed by atoms with Crippen molar-refractivity contribution in [2.24, 2.45) is 0 Å². The van der Waals surface area contributed by atoms with Gasteiger partial charge in [-0.3, -0.25) is 4.79 Å². The van der Waals surface area contributed by atoms with Crippen molar-refractivity contribution in [3.63, 3.8) is 0 Å².